The Morgan fingerprint density at radius 3 is 2.53 bits per heavy atom. The molecule has 2 saturated heterocycles. The van der Waals surface area contributed by atoms with Crippen LogP contribution in [0.1, 0.15) is 59.3 Å². The largest absolute Gasteiger partial charge is 0.493 e. The summed E-state index contributed by atoms with van der Waals surface area (Å²) in [6.07, 6.45) is 5.99. The summed E-state index contributed by atoms with van der Waals surface area (Å²) in [6, 6.07) is 4.71. The molecule has 198 valence electrons. The number of anilines is 2. The fourth-order valence-electron chi connectivity index (χ4n) is 5.02. The van der Waals surface area contributed by atoms with Crippen LogP contribution in [0.25, 0.3) is 10.9 Å². The maximum absolute atomic E-state index is 12.1. The van der Waals surface area contributed by atoms with Crippen molar-refractivity contribution in [3.05, 3.63) is 12.1 Å². The Bertz CT molecular complexity index is 1020. The van der Waals surface area contributed by atoms with Gasteiger partial charge in [0.2, 0.25) is 11.9 Å². The summed E-state index contributed by atoms with van der Waals surface area (Å²) < 4.78 is 11.8. The van der Waals surface area contributed by atoms with Gasteiger partial charge in [0.05, 0.1) is 19.2 Å². The second-order valence-electron chi connectivity index (χ2n) is 10.1. The SMILES string of the molecule is CCC(=O)Nc1nc(NC2CCN(C(C)C)CC2)c2cc(OC)c(OCCCN3CCCC3)cc2n1. The van der Waals surface area contributed by atoms with E-state index in [9.17, 15) is 4.79 Å². The monoisotopic (exact) mass is 498 g/mol. The molecule has 36 heavy (non-hydrogen) atoms. The van der Waals surface area contributed by atoms with Gasteiger partial charge in [0.1, 0.15) is 5.82 Å². The van der Waals surface area contributed by atoms with Crippen molar-refractivity contribution in [1.29, 1.82) is 0 Å². The number of nitrogens with one attached hydrogen (secondary N) is 2. The molecule has 2 fully saturated rings. The highest BCUT2D eigenvalue weighted by atomic mass is 16.5. The van der Waals surface area contributed by atoms with Gasteiger partial charge in [-0.1, -0.05) is 6.92 Å². The average molecular weight is 499 g/mol. The van der Waals surface area contributed by atoms with Crippen molar-refractivity contribution in [2.45, 2.75) is 71.4 Å². The third kappa shape index (κ3) is 6.76. The van der Waals surface area contributed by atoms with E-state index in [2.05, 4.69) is 39.3 Å². The van der Waals surface area contributed by atoms with Gasteiger partial charge < -0.3 is 24.6 Å². The molecule has 2 aliphatic rings. The number of aromatic nitrogens is 2. The van der Waals surface area contributed by atoms with E-state index >= 15 is 0 Å². The number of carbonyl (C=O) groups is 1. The maximum Gasteiger partial charge on any atom is 0.231 e. The Kier molecular flexibility index (Phi) is 9.20. The number of hydrogen-bond donors (Lipinski definition) is 2. The van der Waals surface area contributed by atoms with Gasteiger partial charge in [-0.25, -0.2) is 4.98 Å². The predicted octanol–water partition coefficient (Wildman–Crippen LogP) is 4.14. The first-order chi connectivity index (χ1) is 17.5. The summed E-state index contributed by atoms with van der Waals surface area (Å²) in [5.41, 5.74) is 0.717. The van der Waals surface area contributed by atoms with Crippen molar-refractivity contribution < 1.29 is 14.3 Å². The summed E-state index contributed by atoms with van der Waals surface area (Å²) in [6.45, 7) is 12.4. The fraction of sp³-hybridized carbons (Fsp3) is 0.667. The van der Waals surface area contributed by atoms with Crippen LogP contribution in [0, 0.1) is 0 Å². The third-order valence-corrected chi connectivity index (χ3v) is 7.23. The Hall–Kier alpha value is -2.65. The molecule has 9 nitrogen and oxygen atoms in total. The first-order valence-corrected chi connectivity index (χ1v) is 13.5. The molecule has 1 aromatic carbocycles. The van der Waals surface area contributed by atoms with Crippen LogP contribution in [0.3, 0.4) is 0 Å². The zero-order chi connectivity index (χ0) is 25.5. The number of nitrogens with zero attached hydrogens (tertiary/aromatic N) is 4. The highest BCUT2D eigenvalue weighted by Crippen LogP contribution is 2.35. The molecule has 0 saturated carbocycles. The van der Waals surface area contributed by atoms with Crippen molar-refractivity contribution in [1.82, 2.24) is 19.8 Å². The molecule has 2 aliphatic heterocycles. The number of carbonyl (C=O) groups excluding carboxylic acids is 1. The minimum atomic E-state index is -0.113. The number of ether oxygens (including phenoxy) is 2. The van der Waals surface area contributed by atoms with Crippen molar-refractivity contribution >= 4 is 28.6 Å². The molecule has 1 aromatic heterocycles. The van der Waals surface area contributed by atoms with Crippen LogP contribution in [-0.2, 0) is 4.79 Å². The van der Waals surface area contributed by atoms with E-state index in [-0.39, 0.29) is 5.91 Å². The minimum absolute atomic E-state index is 0.113. The van der Waals surface area contributed by atoms with E-state index in [0.29, 0.717) is 53.9 Å². The second kappa shape index (κ2) is 12.5. The van der Waals surface area contributed by atoms with Gasteiger partial charge in [0, 0.05) is 49.6 Å². The van der Waals surface area contributed by atoms with E-state index in [4.69, 9.17) is 14.5 Å². The van der Waals surface area contributed by atoms with Crippen LogP contribution in [0.15, 0.2) is 12.1 Å². The second-order valence-corrected chi connectivity index (χ2v) is 10.1. The standard InChI is InChI=1S/C27H42N6O3/c1-5-25(34)30-27-29-22-18-24(36-16-8-13-32-11-6-7-12-32)23(35-4)17-21(22)26(31-27)28-20-9-14-33(15-10-20)19(2)3/h17-20H,5-16H2,1-4H3,(H2,28,29,30,31,34). The molecule has 4 rings (SSSR count). The van der Waals surface area contributed by atoms with Crippen molar-refractivity contribution in [2.75, 3.05) is 57.1 Å². The summed E-state index contributed by atoms with van der Waals surface area (Å²) >= 11 is 0. The van der Waals surface area contributed by atoms with Crippen molar-refractivity contribution in [2.24, 2.45) is 0 Å². The number of likely N-dealkylation sites (tertiary alicyclic amines) is 2. The summed E-state index contributed by atoms with van der Waals surface area (Å²) in [7, 11) is 1.66. The molecule has 2 aromatic rings. The zero-order valence-electron chi connectivity index (χ0n) is 22.3. The Morgan fingerprint density at radius 2 is 1.86 bits per heavy atom. The van der Waals surface area contributed by atoms with E-state index in [1.807, 2.05) is 19.1 Å². The Morgan fingerprint density at radius 1 is 1.11 bits per heavy atom. The lowest BCUT2D eigenvalue weighted by Crippen LogP contribution is -2.42. The van der Waals surface area contributed by atoms with Crippen LogP contribution in [0.2, 0.25) is 0 Å². The van der Waals surface area contributed by atoms with Gasteiger partial charge in [-0.3, -0.25) is 10.1 Å². The summed E-state index contributed by atoms with van der Waals surface area (Å²) in [4.78, 5) is 26.4. The highest BCUT2D eigenvalue weighted by molar-refractivity contribution is 5.95. The first-order valence-electron chi connectivity index (χ1n) is 13.5. The molecule has 2 N–H and O–H groups in total. The molecule has 0 unspecified atom stereocenters. The van der Waals surface area contributed by atoms with Crippen LogP contribution < -0.4 is 20.1 Å². The normalized spacial score (nSPS) is 17.6. The minimum Gasteiger partial charge on any atom is -0.493 e. The van der Waals surface area contributed by atoms with E-state index in [1.54, 1.807) is 7.11 Å². The molecule has 9 heteroatoms. The topological polar surface area (TPSA) is 91.9 Å². The molecule has 0 spiro atoms. The van der Waals surface area contributed by atoms with Gasteiger partial charge in [0.15, 0.2) is 11.5 Å². The number of amides is 1. The van der Waals surface area contributed by atoms with Gasteiger partial charge in [0.25, 0.3) is 0 Å². The lowest BCUT2D eigenvalue weighted by atomic mass is 10.0. The lowest BCUT2D eigenvalue weighted by molar-refractivity contribution is -0.115. The number of piperidine rings is 1. The van der Waals surface area contributed by atoms with Gasteiger partial charge in [-0.2, -0.15) is 4.98 Å². The predicted molar refractivity (Wildman–Crippen MR) is 144 cm³/mol. The molecule has 0 atom stereocenters. The smallest absolute Gasteiger partial charge is 0.231 e. The molecule has 0 radical (unpaired) electrons. The van der Waals surface area contributed by atoms with Crippen molar-refractivity contribution in [3.63, 3.8) is 0 Å². The molecule has 0 bridgehead atoms. The van der Waals surface area contributed by atoms with E-state index < -0.39 is 0 Å². The molecule has 3 heterocycles. The highest BCUT2D eigenvalue weighted by Gasteiger charge is 2.23. The maximum atomic E-state index is 12.1. The van der Waals surface area contributed by atoms with Gasteiger partial charge in [-0.05, 0) is 65.1 Å². The molecular weight excluding hydrogens is 456 g/mol. The third-order valence-electron chi connectivity index (χ3n) is 7.23. The molecule has 1 amide bonds. The number of hydrogen-bond acceptors (Lipinski definition) is 8. The Balaban J connectivity index is 1.54. The summed E-state index contributed by atoms with van der Waals surface area (Å²) in [5, 5.41) is 7.32. The van der Waals surface area contributed by atoms with Crippen LogP contribution in [-0.4, -0.2) is 84.2 Å². The lowest BCUT2D eigenvalue weighted by Gasteiger charge is -2.35. The number of methoxy groups -OCH3 is 1. The summed E-state index contributed by atoms with van der Waals surface area (Å²) in [5.74, 6) is 2.23. The molecule has 0 aliphatic carbocycles. The Labute approximate surface area is 214 Å². The van der Waals surface area contributed by atoms with Crippen LogP contribution in [0.4, 0.5) is 11.8 Å². The number of fused-ring (bicyclic) bond motifs is 1. The van der Waals surface area contributed by atoms with Crippen molar-refractivity contribution in [3.8, 4) is 11.5 Å². The molecular formula is C27H42N6O3. The van der Waals surface area contributed by atoms with Gasteiger partial charge in [-0.15, -0.1) is 0 Å². The first kappa shape index (κ1) is 26.4. The number of benzene rings is 1. The van der Waals surface area contributed by atoms with Gasteiger partial charge >= 0.3 is 0 Å². The quantitative estimate of drug-likeness (QED) is 0.447. The average Bonchev–Trinajstić information content (AvgIpc) is 3.40. The number of rotatable bonds is 11. The zero-order valence-corrected chi connectivity index (χ0v) is 22.3. The van der Waals surface area contributed by atoms with E-state index in [0.717, 1.165) is 44.3 Å². The van der Waals surface area contributed by atoms with E-state index in [1.165, 1.54) is 25.9 Å². The van der Waals surface area contributed by atoms with Crippen LogP contribution >= 0.6 is 0 Å². The van der Waals surface area contributed by atoms with Crippen LogP contribution in [0.5, 0.6) is 11.5 Å². The fourth-order valence-corrected chi connectivity index (χ4v) is 5.02.